The monoisotopic (exact) mass is 437 g/mol. The highest BCUT2D eigenvalue weighted by Crippen LogP contribution is 2.28. The minimum Gasteiger partial charge on any atom is -0.378 e. The van der Waals surface area contributed by atoms with Crippen LogP contribution in [0.4, 0.5) is 5.69 Å². The largest absolute Gasteiger partial charge is 0.378 e. The van der Waals surface area contributed by atoms with Crippen LogP contribution in [0.15, 0.2) is 51.8 Å². The summed E-state index contributed by atoms with van der Waals surface area (Å²) in [6, 6.07) is 10.5. The van der Waals surface area contributed by atoms with Crippen LogP contribution in [-0.4, -0.2) is 26.7 Å². The molecule has 3 rings (SSSR count). The van der Waals surface area contributed by atoms with E-state index in [1.165, 1.54) is 31.2 Å². The molecule has 0 saturated carbocycles. The molecule has 0 N–H and O–H groups in total. The molecule has 6 nitrogen and oxygen atoms in total. The second-order valence-corrected chi connectivity index (χ2v) is 8.34. The Morgan fingerprint density at radius 1 is 1.15 bits per heavy atom. The minimum absolute atomic E-state index is 0.0258. The van der Waals surface area contributed by atoms with Gasteiger partial charge in [0.2, 0.25) is 5.91 Å². The lowest BCUT2D eigenvalue weighted by molar-refractivity contribution is -0.117. The fourth-order valence-electron chi connectivity index (χ4n) is 2.73. The van der Waals surface area contributed by atoms with Gasteiger partial charge in [-0.1, -0.05) is 15.9 Å². The highest BCUT2D eigenvalue weighted by atomic mass is 79.9. The third-order valence-corrected chi connectivity index (χ3v) is 5.77. The van der Waals surface area contributed by atoms with Gasteiger partial charge < -0.3 is 9.08 Å². The van der Waals surface area contributed by atoms with E-state index < -0.39 is 10.1 Å². The first-order valence-corrected chi connectivity index (χ1v) is 10.1. The molecule has 0 aromatic heterocycles. The summed E-state index contributed by atoms with van der Waals surface area (Å²) < 4.78 is 30.9. The summed E-state index contributed by atoms with van der Waals surface area (Å²) in [6.07, 6.45) is 1.29. The summed E-state index contributed by atoms with van der Waals surface area (Å²) in [4.78, 5) is 25.1. The van der Waals surface area contributed by atoms with Gasteiger partial charge in [0.1, 0.15) is 4.90 Å². The van der Waals surface area contributed by atoms with E-state index in [-0.39, 0.29) is 27.9 Å². The highest BCUT2D eigenvalue weighted by molar-refractivity contribution is 9.10. The van der Waals surface area contributed by atoms with E-state index in [9.17, 15) is 18.0 Å². The smallest absolute Gasteiger partial charge is 0.339 e. The number of hydrogen-bond donors (Lipinski definition) is 0. The Labute approximate surface area is 160 Å². The molecule has 26 heavy (non-hydrogen) atoms. The van der Waals surface area contributed by atoms with E-state index in [2.05, 4.69) is 15.9 Å². The lowest BCUT2D eigenvalue weighted by atomic mass is 10.1. The Hall–Kier alpha value is -2.19. The topological polar surface area (TPSA) is 80.8 Å². The molecule has 1 aliphatic heterocycles. The molecule has 2 aromatic carbocycles. The zero-order chi connectivity index (χ0) is 18.9. The maximum absolute atomic E-state index is 12.5. The number of carbonyl (C=O) groups is 2. The van der Waals surface area contributed by atoms with Crippen molar-refractivity contribution in [1.82, 2.24) is 0 Å². The van der Waals surface area contributed by atoms with Gasteiger partial charge in [-0.25, -0.2) is 0 Å². The van der Waals surface area contributed by atoms with Crippen LogP contribution in [0.2, 0.25) is 0 Å². The Bertz CT molecular complexity index is 970. The van der Waals surface area contributed by atoms with Gasteiger partial charge in [0.15, 0.2) is 11.5 Å². The second kappa shape index (κ2) is 7.20. The molecule has 1 heterocycles. The van der Waals surface area contributed by atoms with Crippen LogP contribution >= 0.6 is 15.9 Å². The Morgan fingerprint density at radius 3 is 2.42 bits per heavy atom. The van der Waals surface area contributed by atoms with E-state index in [0.717, 1.165) is 6.42 Å². The van der Waals surface area contributed by atoms with E-state index in [4.69, 9.17) is 4.18 Å². The van der Waals surface area contributed by atoms with Gasteiger partial charge in [0.05, 0.1) is 5.56 Å². The molecule has 8 heteroatoms. The molecule has 0 aliphatic carbocycles. The van der Waals surface area contributed by atoms with Gasteiger partial charge in [0, 0.05) is 23.1 Å². The predicted molar refractivity (Wildman–Crippen MR) is 100.0 cm³/mol. The van der Waals surface area contributed by atoms with Crippen molar-refractivity contribution in [2.45, 2.75) is 24.7 Å². The van der Waals surface area contributed by atoms with E-state index in [1.54, 1.807) is 23.1 Å². The quantitative estimate of drug-likeness (QED) is 0.527. The summed E-state index contributed by atoms with van der Waals surface area (Å²) in [7, 11) is -4.11. The second-order valence-electron chi connectivity index (χ2n) is 5.88. The number of Topliss-reactive ketones (excluding diaryl/α,β-unsaturated/α-hetero) is 1. The van der Waals surface area contributed by atoms with Crippen molar-refractivity contribution in [2.24, 2.45) is 0 Å². The first-order chi connectivity index (χ1) is 12.3. The molecular formula is C18H16BrNO5S. The number of amides is 1. The number of ketones is 1. The average molecular weight is 438 g/mol. The molecule has 1 amide bonds. The third-order valence-electron chi connectivity index (χ3n) is 4.03. The van der Waals surface area contributed by atoms with Crippen LogP contribution < -0.4 is 9.08 Å². The van der Waals surface area contributed by atoms with Gasteiger partial charge in [0.25, 0.3) is 0 Å². The standard InChI is InChI=1S/C18H16BrNO5S/c1-12(21)16-11-13(19)4-9-17(16)25-26(23,24)15-7-5-14(6-8-15)20-10-2-3-18(20)22/h4-9,11H,2-3,10H2,1H3. The Morgan fingerprint density at radius 2 is 1.85 bits per heavy atom. The third kappa shape index (κ3) is 3.81. The van der Waals surface area contributed by atoms with Crippen molar-refractivity contribution in [3.63, 3.8) is 0 Å². The molecule has 2 aromatic rings. The van der Waals surface area contributed by atoms with Crippen LogP contribution in [0.5, 0.6) is 5.75 Å². The highest BCUT2D eigenvalue weighted by Gasteiger charge is 2.24. The Balaban J connectivity index is 1.87. The number of rotatable bonds is 5. The number of nitrogens with zero attached hydrogens (tertiary/aromatic N) is 1. The molecule has 1 aliphatic rings. The van der Waals surface area contributed by atoms with Crippen LogP contribution in [0.1, 0.15) is 30.1 Å². The summed E-state index contributed by atoms with van der Waals surface area (Å²) in [5.74, 6) is -0.309. The van der Waals surface area contributed by atoms with Crippen molar-refractivity contribution < 1.29 is 22.2 Å². The van der Waals surface area contributed by atoms with Crippen LogP contribution in [0.3, 0.4) is 0 Å². The minimum atomic E-state index is -4.11. The van der Waals surface area contributed by atoms with Crippen LogP contribution in [-0.2, 0) is 14.9 Å². The molecule has 0 bridgehead atoms. The number of anilines is 1. The number of benzene rings is 2. The maximum atomic E-state index is 12.5. The molecule has 0 radical (unpaired) electrons. The van der Waals surface area contributed by atoms with Gasteiger partial charge in [-0.3, -0.25) is 9.59 Å². The maximum Gasteiger partial charge on any atom is 0.339 e. The SMILES string of the molecule is CC(=O)c1cc(Br)ccc1OS(=O)(=O)c1ccc(N2CCCC2=O)cc1. The average Bonchev–Trinajstić information content (AvgIpc) is 3.02. The Kier molecular flexibility index (Phi) is 5.15. The van der Waals surface area contributed by atoms with Crippen molar-refractivity contribution in [1.29, 1.82) is 0 Å². The zero-order valence-electron chi connectivity index (χ0n) is 13.9. The van der Waals surface area contributed by atoms with Gasteiger partial charge >= 0.3 is 10.1 Å². The van der Waals surface area contributed by atoms with E-state index in [0.29, 0.717) is 23.1 Å². The first kappa shape index (κ1) is 18.6. The molecule has 1 saturated heterocycles. The lowest BCUT2D eigenvalue weighted by Crippen LogP contribution is -2.23. The normalized spacial score (nSPS) is 14.5. The van der Waals surface area contributed by atoms with Gasteiger partial charge in [-0.15, -0.1) is 0 Å². The fraction of sp³-hybridized carbons (Fsp3) is 0.222. The molecule has 0 spiro atoms. The van der Waals surface area contributed by atoms with E-state index >= 15 is 0 Å². The summed E-state index contributed by atoms with van der Waals surface area (Å²) in [5.41, 5.74) is 0.821. The first-order valence-electron chi connectivity index (χ1n) is 7.93. The van der Waals surface area contributed by atoms with Gasteiger partial charge in [-0.2, -0.15) is 8.42 Å². The molecule has 0 unspecified atom stereocenters. The van der Waals surface area contributed by atoms with Crippen molar-refractivity contribution in [2.75, 3.05) is 11.4 Å². The molecule has 0 atom stereocenters. The van der Waals surface area contributed by atoms with Gasteiger partial charge in [-0.05, 0) is 55.8 Å². The molecule has 136 valence electrons. The van der Waals surface area contributed by atoms with Crippen LogP contribution in [0, 0.1) is 0 Å². The summed E-state index contributed by atoms with van der Waals surface area (Å²) in [5, 5.41) is 0. The predicted octanol–water partition coefficient (Wildman–Crippen LogP) is 3.55. The van der Waals surface area contributed by atoms with Crippen LogP contribution in [0.25, 0.3) is 0 Å². The van der Waals surface area contributed by atoms with Crippen molar-refractivity contribution in [3.05, 3.63) is 52.5 Å². The molecular weight excluding hydrogens is 422 g/mol. The zero-order valence-corrected chi connectivity index (χ0v) is 16.3. The number of hydrogen-bond acceptors (Lipinski definition) is 5. The van der Waals surface area contributed by atoms with Crippen molar-refractivity contribution in [3.8, 4) is 5.75 Å². The lowest BCUT2D eigenvalue weighted by Gasteiger charge is -2.16. The van der Waals surface area contributed by atoms with E-state index in [1.807, 2.05) is 0 Å². The fourth-order valence-corrected chi connectivity index (χ4v) is 4.04. The summed E-state index contributed by atoms with van der Waals surface area (Å²) in [6.45, 7) is 1.96. The number of carbonyl (C=O) groups excluding carboxylic acids is 2. The van der Waals surface area contributed by atoms with Crippen molar-refractivity contribution >= 4 is 43.4 Å². The summed E-state index contributed by atoms with van der Waals surface area (Å²) >= 11 is 3.24. The molecule has 1 fully saturated rings. The number of halogens is 1.